The Kier molecular flexibility index (Phi) is 10.0. The summed E-state index contributed by atoms with van der Waals surface area (Å²) in [5, 5.41) is 23.6. The van der Waals surface area contributed by atoms with Crippen molar-refractivity contribution in [2.45, 2.75) is 39.0 Å². The van der Waals surface area contributed by atoms with Gasteiger partial charge in [-0.25, -0.2) is 9.59 Å². The van der Waals surface area contributed by atoms with Gasteiger partial charge in [0.1, 0.15) is 5.75 Å². The van der Waals surface area contributed by atoms with Gasteiger partial charge in [-0.05, 0) is 43.0 Å². The van der Waals surface area contributed by atoms with Crippen molar-refractivity contribution in [2.75, 3.05) is 26.9 Å². The predicted molar refractivity (Wildman–Crippen MR) is 139 cm³/mol. The molecule has 0 aromatic heterocycles. The van der Waals surface area contributed by atoms with Crippen LogP contribution in [0.15, 0.2) is 71.1 Å². The van der Waals surface area contributed by atoms with Crippen molar-refractivity contribution in [3.05, 3.63) is 92.3 Å². The fourth-order valence-corrected chi connectivity index (χ4v) is 4.32. The zero-order valence-corrected chi connectivity index (χ0v) is 21.7. The molecule has 2 N–H and O–H groups in total. The smallest absolute Gasteiger partial charge is 0.336 e. The highest BCUT2D eigenvalue weighted by Gasteiger charge is 2.38. The number of nitrogens with one attached hydrogen (secondary N) is 1. The summed E-state index contributed by atoms with van der Waals surface area (Å²) in [6.45, 7) is 4.01. The zero-order chi connectivity index (χ0) is 27.7. The van der Waals surface area contributed by atoms with Gasteiger partial charge in [0.25, 0.3) is 5.69 Å². The number of nitro benzene ring substituents is 1. The van der Waals surface area contributed by atoms with E-state index >= 15 is 0 Å². The van der Waals surface area contributed by atoms with Gasteiger partial charge in [-0.15, -0.1) is 0 Å². The number of non-ortho nitro benzene ring substituents is 1. The maximum absolute atomic E-state index is 13.4. The third kappa shape index (κ3) is 6.77. The lowest BCUT2D eigenvalue weighted by molar-refractivity contribution is -0.384. The number of nitro groups is 1. The molecule has 1 aliphatic rings. The lowest BCUT2D eigenvalue weighted by atomic mass is 9.79. The van der Waals surface area contributed by atoms with Crippen LogP contribution in [-0.4, -0.2) is 48.9 Å². The fourth-order valence-electron chi connectivity index (χ4n) is 4.32. The molecule has 0 spiro atoms. The first-order valence-electron chi connectivity index (χ1n) is 12.3. The molecular weight excluding hydrogens is 492 g/mol. The van der Waals surface area contributed by atoms with E-state index in [1.807, 2.05) is 31.2 Å². The number of ether oxygens (including phenoxy) is 3. The molecule has 0 amide bonds. The minimum absolute atomic E-state index is 0.0693. The third-order valence-electron chi connectivity index (χ3n) is 6.15. The Hall–Kier alpha value is -4.18. The molecule has 1 atom stereocenters. The van der Waals surface area contributed by atoms with Gasteiger partial charge in [-0.3, -0.25) is 10.1 Å². The van der Waals surface area contributed by atoms with Gasteiger partial charge in [0.05, 0.1) is 42.3 Å². The number of carbonyl (C=O) groups is 2. The first-order valence-corrected chi connectivity index (χ1v) is 12.3. The summed E-state index contributed by atoms with van der Waals surface area (Å²) in [6.07, 6.45) is 1.44. The molecule has 2 aromatic carbocycles. The minimum Gasteiger partial charge on any atom is -0.493 e. The first kappa shape index (κ1) is 28.4. The summed E-state index contributed by atoms with van der Waals surface area (Å²) in [5.41, 5.74) is 2.71. The molecular formula is C28H32N2O8. The number of aliphatic hydroxyl groups excluding tert-OH is 1. The largest absolute Gasteiger partial charge is 0.493 e. The maximum atomic E-state index is 13.4. The molecule has 0 saturated carbocycles. The van der Waals surface area contributed by atoms with Crippen molar-refractivity contribution in [2.24, 2.45) is 0 Å². The van der Waals surface area contributed by atoms with Crippen LogP contribution >= 0.6 is 0 Å². The van der Waals surface area contributed by atoms with Gasteiger partial charge >= 0.3 is 11.9 Å². The van der Waals surface area contributed by atoms with Gasteiger partial charge in [0.15, 0.2) is 0 Å². The second kappa shape index (κ2) is 13.4. The average molecular weight is 525 g/mol. The SMILES string of the molecule is CCC1=C(C(=O)OCCCOc2ccc(CCO)cc2)C(c2cccc([N+](=O)[O-])c2)C(C(=O)OC)=C(C)N1. The maximum Gasteiger partial charge on any atom is 0.336 e. The molecule has 0 saturated heterocycles. The number of carbonyl (C=O) groups excluding carboxylic acids is 2. The molecule has 3 rings (SSSR count). The Labute approximate surface area is 221 Å². The fraction of sp³-hybridized carbons (Fsp3) is 0.357. The van der Waals surface area contributed by atoms with E-state index in [0.29, 0.717) is 48.6 Å². The van der Waals surface area contributed by atoms with Crippen LogP contribution in [0.4, 0.5) is 5.69 Å². The van der Waals surface area contributed by atoms with Crippen molar-refractivity contribution in [1.29, 1.82) is 0 Å². The average Bonchev–Trinajstić information content (AvgIpc) is 2.92. The topological polar surface area (TPSA) is 137 Å². The van der Waals surface area contributed by atoms with Crippen molar-refractivity contribution in [3.63, 3.8) is 0 Å². The summed E-state index contributed by atoms with van der Waals surface area (Å²) in [6, 6.07) is 13.2. The van der Waals surface area contributed by atoms with Crippen molar-refractivity contribution in [3.8, 4) is 5.75 Å². The van der Waals surface area contributed by atoms with E-state index in [1.54, 1.807) is 13.0 Å². The van der Waals surface area contributed by atoms with E-state index < -0.39 is 22.8 Å². The lowest BCUT2D eigenvalue weighted by Crippen LogP contribution is -2.33. The van der Waals surface area contributed by atoms with E-state index in [0.717, 1.165) is 5.56 Å². The number of hydrogen-bond acceptors (Lipinski definition) is 9. The van der Waals surface area contributed by atoms with E-state index in [1.165, 1.54) is 25.3 Å². The molecule has 38 heavy (non-hydrogen) atoms. The zero-order valence-electron chi connectivity index (χ0n) is 21.7. The molecule has 202 valence electrons. The van der Waals surface area contributed by atoms with Crippen LogP contribution in [0.5, 0.6) is 5.75 Å². The van der Waals surface area contributed by atoms with Crippen LogP contribution < -0.4 is 10.1 Å². The number of esters is 2. The number of nitrogens with zero attached hydrogens (tertiary/aromatic N) is 1. The molecule has 0 bridgehead atoms. The van der Waals surface area contributed by atoms with E-state index in [2.05, 4.69) is 5.32 Å². The Morgan fingerprint density at radius 2 is 1.82 bits per heavy atom. The van der Waals surface area contributed by atoms with E-state index in [4.69, 9.17) is 19.3 Å². The van der Waals surface area contributed by atoms with Gasteiger partial charge < -0.3 is 24.6 Å². The molecule has 1 unspecified atom stereocenters. The van der Waals surface area contributed by atoms with Crippen LogP contribution in [0.1, 0.15) is 43.7 Å². The molecule has 10 nitrogen and oxygen atoms in total. The van der Waals surface area contributed by atoms with Crippen molar-refractivity contribution in [1.82, 2.24) is 5.32 Å². The molecule has 0 aliphatic carbocycles. The number of rotatable bonds is 12. The van der Waals surface area contributed by atoms with Crippen molar-refractivity contribution >= 4 is 17.6 Å². The number of benzene rings is 2. The second-order valence-corrected chi connectivity index (χ2v) is 8.64. The Morgan fingerprint density at radius 1 is 1.08 bits per heavy atom. The number of methoxy groups -OCH3 is 1. The summed E-state index contributed by atoms with van der Waals surface area (Å²) in [5.74, 6) is -1.52. The highest BCUT2D eigenvalue weighted by atomic mass is 16.6. The molecule has 10 heteroatoms. The first-order chi connectivity index (χ1) is 18.3. The van der Waals surface area contributed by atoms with Gasteiger partial charge in [0, 0.05) is 36.6 Å². The number of aliphatic hydroxyl groups is 1. The summed E-state index contributed by atoms with van der Waals surface area (Å²) < 4.78 is 16.3. The monoisotopic (exact) mass is 524 g/mol. The normalized spacial score (nSPS) is 15.1. The Bertz CT molecular complexity index is 1230. The Morgan fingerprint density at radius 3 is 2.45 bits per heavy atom. The molecule has 0 fully saturated rings. The van der Waals surface area contributed by atoms with Gasteiger partial charge in [-0.2, -0.15) is 0 Å². The molecule has 0 radical (unpaired) electrons. The minimum atomic E-state index is -0.903. The van der Waals surface area contributed by atoms with E-state index in [-0.39, 0.29) is 30.0 Å². The number of hydrogen-bond donors (Lipinski definition) is 2. The lowest BCUT2D eigenvalue weighted by Gasteiger charge is -2.31. The van der Waals surface area contributed by atoms with Gasteiger partial charge in [0.2, 0.25) is 0 Å². The second-order valence-electron chi connectivity index (χ2n) is 8.64. The standard InChI is InChI=1S/C28H32N2O8/c1-4-23-26(28(33)38-16-6-15-37-22-11-9-19(10-12-22)13-14-31)25(24(18(2)29-23)27(32)36-3)20-7-5-8-21(17-20)30(34)35/h5,7-12,17,25,29,31H,4,6,13-16H2,1-3H3. The Balaban J connectivity index is 1.77. The van der Waals surface area contributed by atoms with Gasteiger partial charge in [-0.1, -0.05) is 31.2 Å². The third-order valence-corrected chi connectivity index (χ3v) is 6.15. The molecule has 1 aliphatic heterocycles. The molecule has 2 aromatic rings. The van der Waals surface area contributed by atoms with Crippen LogP contribution in [0.2, 0.25) is 0 Å². The summed E-state index contributed by atoms with van der Waals surface area (Å²) >= 11 is 0. The highest BCUT2D eigenvalue weighted by molar-refractivity contribution is 6.00. The van der Waals surface area contributed by atoms with E-state index in [9.17, 15) is 19.7 Å². The number of allylic oxidation sites excluding steroid dienone is 2. The quantitative estimate of drug-likeness (QED) is 0.183. The highest BCUT2D eigenvalue weighted by Crippen LogP contribution is 2.40. The summed E-state index contributed by atoms with van der Waals surface area (Å²) in [4.78, 5) is 37.0. The number of dihydropyridines is 1. The molecule has 1 heterocycles. The van der Waals surface area contributed by atoms with Crippen molar-refractivity contribution < 1.29 is 33.8 Å². The van der Waals surface area contributed by atoms with Crippen LogP contribution in [-0.2, 0) is 25.5 Å². The van der Waals surface area contributed by atoms with Crippen LogP contribution in [0, 0.1) is 10.1 Å². The predicted octanol–water partition coefficient (Wildman–Crippen LogP) is 3.94. The van der Waals surface area contributed by atoms with Crippen LogP contribution in [0.25, 0.3) is 0 Å². The van der Waals surface area contributed by atoms with Crippen LogP contribution in [0.3, 0.4) is 0 Å². The summed E-state index contributed by atoms with van der Waals surface area (Å²) in [7, 11) is 1.24.